The fraction of sp³-hybridized carbons (Fsp3) is 0.636. The predicted molar refractivity (Wildman–Crippen MR) is 60.3 cm³/mol. The van der Waals surface area contributed by atoms with Gasteiger partial charge in [-0.05, 0) is 6.92 Å². The van der Waals surface area contributed by atoms with Crippen molar-refractivity contribution in [2.75, 3.05) is 6.61 Å². The third-order valence-corrected chi connectivity index (χ3v) is 1.90. The van der Waals surface area contributed by atoms with Crippen LogP contribution in [0.15, 0.2) is 0 Å². The van der Waals surface area contributed by atoms with Crippen LogP contribution in [0, 0.1) is 0 Å². The van der Waals surface area contributed by atoms with Crippen LogP contribution in [0.1, 0.15) is 32.6 Å². The molecule has 8 nitrogen and oxygen atoms in total. The van der Waals surface area contributed by atoms with Gasteiger partial charge in [-0.15, -0.1) is 0 Å². The van der Waals surface area contributed by atoms with E-state index in [9.17, 15) is 19.2 Å². The molecular weight excluding hydrogens is 260 g/mol. The average molecular weight is 276 g/mol. The summed E-state index contributed by atoms with van der Waals surface area (Å²) in [5.41, 5.74) is 0. The number of aliphatic carboxylic acids is 2. The molecule has 0 aromatic rings. The number of carbonyl (C=O) groups excluding carboxylic acids is 2. The summed E-state index contributed by atoms with van der Waals surface area (Å²) >= 11 is 0. The molecule has 0 unspecified atom stereocenters. The quantitative estimate of drug-likeness (QED) is 0.571. The Balaban J connectivity index is 3.76. The van der Waals surface area contributed by atoms with Gasteiger partial charge in [0.05, 0.1) is 25.7 Å². The van der Waals surface area contributed by atoms with E-state index < -0.39 is 30.0 Å². The number of esters is 2. The molecule has 2 N–H and O–H groups in total. The first-order chi connectivity index (χ1) is 8.81. The zero-order chi connectivity index (χ0) is 14.8. The standard InChI is InChI=1S/C11H16O8/c1-7(19-11(17)5-3-9(14)15)6-18-10(16)4-2-8(12)13/h7H,2-6H2,1H3,(H,12,13)(H,14,15)/t7-/m0/s1. The van der Waals surface area contributed by atoms with E-state index >= 15 is 0 Å². The number of ether oxygens (including phenoxy) is 2. The van der Waals surface area contributed by atoms with Crippen molar-refractivity contribution >= 4 is 23.9 Å². The predicted octanol–water partition coefficient (Wildman–Crippen LogP) is 0.191. The highest BCUT2D eigenvalue weighted by Gasteiger charge is 2.14. The fourth-order valence-electron chi connectivity index (χ4n) is 1.02. The highest BCUT2D eigenvalue weighted by atomic mass is 16.6. The normalized spacial score (nSPS) is 11.4. The summed E-state index contributed by atoms with van der Waals surface area (Å²) in [6.07, 6.45) is -1.88. The van der Waals surface area contributed by atoms with Gasteiger partial charge in [0.15, 0.2) is 0 Å². The molecule has 0 aliphatic carbocycles. The topological polar surface area (TPSA) is 127 Å². The Labute approximate surface area is 109 Å². The molecule has 0 saturated carbocycles. The molecule has 0 aliphatic rings. The molecule has 0 bridgehead atoms. The molecule has 108 valence electrons. The third-order valence-electron chi connectivity index (χ3n) is 1.90. The Hall–Kier alpha value is -2.12. The highest BCUT2D eigenvalue weighted by Crippen LogP contribution is 2.00. The lowest BCUT2D eigenvalue weighted by atomic mass is 10.3. The fourth-order valence-corrected chi connectivity index (χ4v) is 1.02. The number of rotatable bonds is 9. The lowest BCUT2D eigenvalue weighted by Crippen LogP contribution is -2.22. The van der Waals surface area contributed by atoms with Crippen LogP contribution in [0.25, 0.3) is 0 Å². The molecule has 0 aromatic carbocycles. The highest BCUT2D eigenvalue weighted by molar-refractivity contribution is 5.77. The van der Waals surface area contributed by atoms with Gasteiger partial charge >= 0.3 is 23.9 Å². The summed E-state index contributed by atoms with van der Waals surface area (Å²) in [6, 6.07) is 0. The van der Waals surface area contributed by atoms with Crippen molar-refractivity contribution in [3.8, 4) is 0 Å². The Kier molecular flexibility index (Phi) is 7.90. The molecule has 0 amide bonds. The van der Waals surface area contributed by atoms with E-state index in [-0.39, 0.29) is 32.3 Å². The zero-order valence-corrected chi connectivity index (χ0v) is 10.5. The maximum absolute atomic E-state index is 11.1. The largest absolute Gasteiger partial charge is 0.481 e. The SMILES string of the molecule is C[C@@H](COC(=O)CCC(=O)O)OC(=O)CCC(=O)O. The second kappa shape index (κ2) is 8.90. The Morgan fingerprint density at radius 2 is 1.37 bits per heavy atom. The Bertz CT molecular complexity index is 349. The van der Waals surface area contributed by atoms with Gasteiger partial charge in [0, 0.05) is 0 Å². The molecule has 0 fully saturated rings. The van der Waals surface area contributed by atoms with Crippen molar-refractivity contribution < 1.29 is 38.9 Å². The van der Waals surface area contributed by atoms with Crippen LogP contribution < -0.4 is 0 Å². The minimum atomic E-state index is -1.11. The van der Waals surface area contributed by atoms with Crippen molar-refractivity contribution in [1.29, 1.82) is 0 Å². The van der Waals surface area contributed by atoms with Crippen molar-refractivity contribution in [3.05, 3.63) is 0 Å². The van der Waals surface area contributed by atoms with Crippen LogP contribution in [0.4, 0.5) is 0 Å². The molecule has 0 rings (SSSR count). The van der Waals surface area contributed by atoms with Gasteiger partial charge in [0.25, 0.3) is 0 Å². The smallest absolute Gasteiger partial charge is 0.306 e. The molecule has 0 spiro atoms. The number of carboxylic acids is 2. The lowest BCUT2D eigenvalue weighted by molar-refractivity contribution is -0.159. The molecule has 0 saturated heterocycles. The van der Waals surface area contributed by atoms with Crippen molar-refractivity contribution in [3.63, 3.8) is 0 Å². The Morgan fingerprint density at radius 3 is 1.84 bits per heavy atom. The van der Waals surface area contributed by atoms with Crippen molar-refractivity contribution in [1.82, 2.24) is 0 Å². The molecule has 0 radical (unpaired) electrons. The van der Waals surface area contributed by atoms with Crippen LogP contribution in [-0.4, -0.2) is 46.8 Å². The van der Waals surface area contributed by atoms with E-state index in [1.807, 2.05) is 0 Å². The summed E-state index contributed by atoms with van der Waals surface area (Å²) in [6.45, 7) is 1.28. The van der Waals surface area contributed by atoms with Crippen LogP contribution in [0.2, 0.25) is 0 Å². The van der Waals surface area contributed by atoms with E-state index in [4.69, 9.17) is 14.9 Å². The van der Waals surface area contributed by atoms with Gasteiger partial charge in [-0.25, -0.2) is 0 Å². The minimum absolute atomic E-state index is 0.197. The van der Waals surface area contributed by atoms with Crippen molar-refractivity contribution in [2.24, 2.45) is 0 Å². The third kappa shape index (κ3) is 10.7. The minimum Gasteiger partial charge on any atom is -0.481 e. The molecule has 1 atom stereocenters. The number of carboxylic acid groups (broad SMARTS) is 2. The van der Waals surface area contributed by atoms with Crippen LogP contribution in [-0.2, 0) is 28.7 Å². The summed E-state index contributed by atoms with van der Waals surface area (Å²) in [4.78, 5) is 42.6. The van der Waals surface area contributed by atoms with Crippen LogP contribution in [0.3, 0.4) is 0 Å². The van der Waals surface area contributed by atoms with Gasteiger partial charge in [-0.1, -0.05) is 0 Å². The van der Waals surface area contributed by atoms with Crippen molar-refractivity contribution in [2.45, 2.75) is 38.7 Å². The van der Waals surface area contributed by atoms with Gasteiger partial charge in [0.1, 0.15) is 12.7 Å². The van der Waals surface area contributed by atoms with Gasteiger partial charge in [-0.3, -0.25) is 19.2 Å². The summed E-state index contributed by atoms with van der Waals surface area (Å²) in [7, 11) is 0. The van der Waals surface area contributed by atoms with Crippen LogP contribution >= 0.6 is 0 Å². The van der Waals surface area contributed by atoms with E-state index in [1.165, 1.54) is 6.92 Å². The number of hydrogen-bond acceptors (Lipinski definition) is 6. The molecule has 0 aliphatic heterocycles. The number of hydrogen-bond donors (Lipinski definition) is 2. The summed E-state index contributed by atoms with van der Waals surface area (Å²) < 4.78 is 9.47. The molecular formula is C11H16O8. The molecule has 0 heterocycles. The molecule has 0 aromatic heterocycles. The monoisotopic (exact) mass is 276 g/mol. The zero-order valence-electron chi connectivity index (χ0n) is 10.5. The Morgan fingerprint density at radius 1 is 0.895 bits per heavy atom. The van der Waals surface area contributed by atoms with Gasteiger partial charge in [-0.2, -0.15) is 0 Å². The summed E-state index contributed by atoms with van der Waals surface area (Å²) in [5, 5.41) is 16.7. The van der Waals surface area contributed by atoms with Gasteiger partial charge < -0.3 is 19.7 Å². The van der Waals surface area contributed by atoms with E-state index in [1.54, 1.807) is 0 Å². The average Bonchev–Trinajstić information content (AvgIpc) is 2.31. The lowest BCUT2D eigenvalue weighted by Gasteiger charge is -2.13. The second-order valence-corrected chi connectivity index (χ2v) is 3.77. The summed E-state index contributed by atoms with van der Waals surface area (Å²) in [5.74, 6) is -3.61. The first-order valence-corrected chi connectivity index (χ1v) is 5.60. The first kappa shape index (κ1) is 16.9. The second-order valence-electron chi connectivity index (χ2n) is 3.77. The maximum Gasteiger partial charge on any atom is 0.306 e. The van der Waals surface area contributed by atoms with E-state index in [0.29, 0.717) is 0 Å². The molecule has 19 heavy (non-hydrogen) atoms. The van der Waals surface area contributed by atoms with E-state index in [2.05, 4.69) is 4.74 Å². The maximum atomic E-state index is 11.1. The number of carbonyl (C=O) groups is 4. The first-order valence-electron chi connectivity index (χ1n) is 5.60. The van der Waals surface area contributed by atoms with E-state index in [0.717, 1.165) is 0 Å². The molecule has 8 heteroatoms. The van der Waals surface area contributed by atoms with Crippen LogP contribution in [0.5, 0.6) is 0 Å². The van der Waals surface area contributed by atoms with Gasteiger partial charge in [0.2, 0.25) is 0 Å².